The minimum Gasteiger partial charge on any atom is -0.456 e. The summed E-state index contributed by atoms with van der Waals surface area (Å²) < 4.78 is 6.34. The molecule has 2 nitrogen and oxygen atoms in total. The van der Waals surface area contributed by atoms with Crippen LogP contribution in [0, 0.1) is 0 Å². The van der Waals surface area contributed by atoms with Crippen molar-refractivity contribution >= 4 is 60.5 Å². The first-order valence-corrected chi connectivity index (χ1v) is 13.6. The summed E-state index contributed by atoms with van der Waals surface area (Å²) in [5.74, 6) is 0. The van der Waals surface area contributed by atoms with Crippen LogP contribution in [0.2, 0.25) is 0 Å². The number of hydrogen-bond acceptors (Lipinski definition) is 2. The molecular weight excluding hydrogens is 486 g/mol. The monoisotopic (exact) mass is 511 g/mol. The van der Waals surface area contributed by atoms with Crippen LogP contribution in [0.3, 0.4) is 0 Å². The summed E-state index contributed by atoms with van der Waals surface area (Å²) in [5.41, 5.74) is 7.44. The zero-order chi connectivity index (χ0) is 26.5. The van der Waals surface area contributed by atoms with Crippen molar-refractivity contribution in [3.8, 4) is 11.1 Å². The summed E-state index contributed by atoms with van der Waals surface area (Å²) >= 11 is 0. The molecule has 8 rings (SSSR count). The summed E-state index contributed by atoms with van der Waals surface area (Å²) in [4.78, 5) is 2.37. The summed E-state index contributed by atoms with van der Waals surface area (Å²) in [6, 6.07) is 53.8. The van der Waals surface area contributed by atoms with E-state index in [1.807, 2.05) is 12.1 Å². The smallest absolute Gasteiger partial charge is 0.137 e. The molecule has 1 heterocycles. The quantitative estimate of drug-likeness (QED) is 0.218. The number of hydrogen-bond donors (Lipinski definition) is 0. The highest BCUT2D eigenvalue weighted by atomic mass is 16.3. The Balaban J connectivity index is 1.42. The molecular formula is C38H25NO. The van der Waals surface area contributed by atoms with Gasteiger partial charge in [-0.3, -0.25) is 0 Å². The molecule has 40 heavy (non-hydrogen) atoms. The third-order valence-electron chi connectivity index (χ3n) is 7.82. The lowest BCUT2D eigenvalue weighted by molar-refractivity contribution is 0.669. The molecule has 0 saturated heterocycles. The Morgan fingerprint density at radius 2 is 1.02 bits per heavy atom. The van der Waals surface area contributed by atoms with Crippen molar-refractivity contribution in [1.29, 1.82) is 0 Å². The molecule has 0 aliphatic rings. The van der Waals surface area contributed by atoms with Crippen molar-refractivity contribution in [2.75, 3.05) is 4.90 Å². The van der Waals surface area contributed by atoms with Crippen LogP contribution in [0.5, 0.6) is 0 Å². The molecule has 8 aromatic rings. The maximum Gasteiger partial charge on any atom is 0.137 e. The van der Waals surface area contributed by atoms with E-state index in [0.717, 1.165) is 39.0 Å². The predicted octanol–water partition coefficient (Wildman–Crippen LogP) is 11.0. The van der Waals surface area contributed by atoms with Crippen molar-refractivity contribution in [1.82, 2.24) is 0 Å². The zero-order valence-electron chi connectivity index (χ0n) is 21.8. The van der Waals surface area contributed by atoms with Crippen LogP contribution in [0.4, 0.5) is 17.1 Å². The molecule has 0 spiro atoms. The average Bonchev–Trinajstić information content (AvgIpc) is 3.40. The Hall–Kier alpha value is -5.34. The molecule has 2 heteroatoms. The van der Waals surface area contributed by atoms with E-state index in [0.29, 0.717) is 0 Å². The first-order chi connectivity index (χ1) is 19.8. The van der Waals surface area contributed by atoms with Crippen LogP contribution in [0.1, 0.15) is 0 Å². The number of benzene rings is 7. The Morgan fingerprint density at radius 3 is 1.90 bits per heavy atom. The fourth-order valence-corrected chi connectivity index (χ4v) is 5.96. The number of furan rings is 1. The van der Waals surface area contributed by atoms with Crippen molar-refractivity contribution in [2.24, 2.45) is 0 Å². The molecule has 0 saturated carbocycles. The molecule has 0 aliphatic carbocycles. The second kappa shape index (κ2) is 9.14. The van der Waals surface area contributed by atoms with Gasteiger partial charge in [-0.15, -0.1) is 0 Å². The van der Waals surface area contributed by atoms with Crippen molar-refractivity contribution in [3.05, 3.63) is 152 Å². The van der Waals surface area contributed by atoms with Gasteiger partial charge in [0.2, 0.25) is 0 Å². The Kier molecular flexibility index (Phi) is 5.17. The van der Waals surface area contributed by atoms with Gasteiger partial charge in [-0.1, -0.05) is 109 Å². The Morgan fingerprint density at radius 1 is 0.375 bits per heavy atom. The fraction of sp³-hybridized carbons (Fsp3) is 0. The molecule has 0 N–H and O–H groups in total. The van der Waals surface area contributed by atoms with Crippen LogP contribution in [0.15, 0.2) is 156 Å². The molecule has 0 fully saturated rings. The van der Waals surface area contributed by atoms with Crippen LogP contribution in [-0.2, 0) is 0 Å². The molecule has 188 valence electrons. The van der Waals surface area contributed by atoms with Crippen molar-refractivity contribution < 1.29 is 4.42 Å². The first kappa shape index (κ1) is 22.6. The van der Waals surface area contributed by atoms with Gasteiger partial charge in [0, 0.05) is 33.6 Å². The van der Waals surface area contributed by atoms with E-state index in [1.54, 1.807) is 0 Å². The van der Waals surface area contributed by atoms with Crippen LogP contribution < -0.4 is 4.90 Å². The van der Waals surface area contributed by atoms with Gasteiger partial charge >= 0.3 is 0 Å². The Bertz CT molecular complexity index is 2170. The standard InChI is InChI=1S/C38H25NO/c1-2-11-26(12-3-1)27-14-10-15-29(23-27)39(30-21-22-35-34-19-8-9-20-37(34)40-38(35)25-30)36-24-28-13-4-5-16-31(28)32-17-6-7-18-33(32)36/h1-25H. The fourth-order valence-electron chi connectivity index (χ4n) is 5.96. The van der Waals surface area contributed by atoms with Gasteiger partial charge in [-0.2, -0.15) is 0 Å². The molecule has 0 atom stereocenters. The van der Waals surface area contributed by atoms with Gasteiger partial charge in [0.05, 0.1) is 5.69 Å². The number of anilines is 3. The topological polar surface area (TPSA) is 16.4 Å². The van der Waals surface area contributed by atoms with E-state index >= 15 is 0 Å². The molecule has 0 bridgehead atoms. The third-order valence-corrected chi connectivity index (χ3v) is 7.82. The van der Waals surface area contributed by atoms with Gasteiger partial charge in [0.25, 0.3) is 0 Å². The SMILES string of the molecule is c1ccc(-c2cccc(N(c3ccc4c(c3)oc3ccccc34)c3cc4ccccc4c4ccccc34)c2)cc1. The summed E-state index contributed by atoms with van der Waals surface area (Å²) in [5, 5.41) is 7.18. The molecule has 0 aliphatic heterocycles. The third kappa shape index (κ3) is 3.65. The van der Waals surface area contributed by atoms with E-state index in [1.165, 1.54) is 32.7 Å². The zero-order valence-corrected chi connectivity index (χ0v) is 21.8. The van der Waals surface area contributed by atoms with E-state index in [4.69, 9.17) is 4.42 Å². The largest absolute Gasteiger partial charge is 0.456 e. The van der Waals surface area contributed by atoms with E-state index in [9.17, 15) is 0 Å². The lowest BCUT2D eigenvalue weighted by Gasteiger charge is -2.28. The van der Waals surface area contributed by atoms with Gasteiger partial charge in [-0.05, 0) is 63.7 Å². The highest BCUT2D eigenvalue weighted by molar-refractivity contribution is 6.15. The van der Waals surface area contributed by atoms with Crippen LogP contribution in [0.25, 0.3) is 54.6 Å². The summed E-state index contributed by atoms with van der Waals surface area (Å²) in [6.45, 7) is 0. The molecule has 7 aromatic carbocycles. The molecule has 0 unspecified atom stereocenters. The van der Waals surface area contributed by atoms with E-state index < -0.39 is 0 Å². The van der Waals surface area contributed by atoms with Gasteiger partial charge in [0.1, 0.15) is 11.2 Å². The number of nitrogens with zero attached hydrogens (tertiary/aromatic N) is 1. The molecule has 1 aromatic heterocycles. The minimum absolute atomic E-state index is 0.882. The van der Waals surface area contributed by atoms with E-state index in [2.05, 4.69) is 144 Å². The van der Waals surface area contributed by atoms with Gasteiger partial charge in [0.15, 0.2) is 0 Å². The Labute approximate surface area is 232 Å². The highest BCUT2D eigenvalue weighted by Crippen LogP contribution is 2.44. The van der Waals surface area contributed by atoms with Crippen molar-refractivity contribution in [2.45, 2.75) is 0 Å². The maximum atomic E-state index is 6.34. The summed E-state index contributed by atoms with van der Waals surface area (Å²) in [7, 11) is 0. The van der Waals surface area contributed by atoms with Crippen LogP contribution in [-0.4, -0.2) is 0 Å². The van der Waals surface area contributed by atoms with Crippen LogP contribution >= 0.6 is 0 Å². The molecule has 0 amide bonds. The van der Waals surface area contributed by atoms with E-state index in [-0.39, 0.29) is 0 Å². The second-order valence-corrected chi connectivity index (χ2v) is 10.2. The number of rotatable bonds is 4. The maximum absolute atomic E-state index is 6.34. The average molecular weight is 512 g/mol. The normalized spacial score (nSPS) is 11.5. The first-order valence-electron chi connectivity index (χ1n) is 13.6. The highest BCUT2D eigenvalue weighted by Gasteiger charge is 2.19. The predicted molar refractivity (Wildman–Crippen MR) is 169 cm³/mol. The minimum atomic E-state index is 0.882. The lowest BCUT2D eigenvalue weighted by Crippen LogP contribution is -2.10. The summed E-state index contributed by atoms with van der Waals surface area (Å²) in [6.07, 6.45) is 0. The number of para-hydroxylation sites is 1. The van der Waals surface area contributed by atoms with Gasteiger partial charge in [-0.25, -0.2) is 0 Å². The number of fused-ring (bicyclic) bond motifs is 6. The lowest BCUT2D eigenvalue weighted by atomic mass is 9.98. The molecule has 0 radical (unpaired) electrons. The second-order valence-electron chi connectivity index (χ2n) is 10.2. The van der Waals surface area contributed by atoms with Crippen molar-refractivity contribution in [3.63, 3.8) is 0 Å². The van der Waals surface area contributed by atoms with Gasteiger partial charge < -0.3 is 9.32 Å².